The number of thiophene rings is 1. The number of fused-ring (bicyclic) bond motifs is 1. The Kier molecular flexibility index (Phi) is 5.47. The first kappa shape index (κ1) is 19.5. The summed E-state index contributed by atoms with van der Waals surface area (Å²) >= 11 is 3.18. The fourth-order valence-corrected chi connectivity index (χ4v) is 4.62. The zero-order valence-electron chi connectivity index (χ0n) is 16.4. The molecule has 31 heavy (non-hydrogen) atoms. The highest BCUT2D eigenvalue weighted by atomic mass is 32.1. The molecule has 3 aromatic heterocycles. The van der Waals surface area contributed by atoms with Crippen LogP contribution in [0.2, 0.25) is 0 Å². The summed E-state index contributed by atoms with van der Waals surface area (Å²) in [5, 5.41) is 11.6. The molecule has 154 valence electrons. The minimum atomic E-state index is -0.115. The van der Waals surface area contributed by atoms with Crippen LogP contribution in [-0.4, -0.2) is 27.0 Å². The van der Waals surface area contributed by atoms with Gasteiger partial charge in [0.25, 0.3) is 5.91 Å². The van der Waals surface area contributed by atoms with Gasteiger partial charge in [0.05, 0.1) is 10.6 Å². The third-order valence-corrected chi connectivity index (χ3v) is 6.38. The van der Waals surface area contributed by atoms with Crippen molar-refractivity contribution < 1.29 is 9.53 Å². The number of hydrogen-bond acceptors (Lipinski definition) is 6. The van der Waals surface area contributed by atoms with Crippen LogP contribution in [0.5, 0.6) is 11.5 Å². The number of rotatable bonds is 7. The number of thiazole rings is 1. The maximum absolute atomic E-state index is 12.5. The molecular weight excluding hydrogens is 428 g/mol. The second-order valence-corrected chi connectivity index (χ2v) is 8.56. The molecule has 1 amide bonds. The second-order valence-electron chi connectivity index (χ2n) is 6.78. The monoisotopic (exact) mass is 446 g/mol. The van der Waals surface area contributed by atoms with Gasteiger partial charge in [-0.2, -0.15) is 4.98 Å². The molecule has 5 aromatic rings. The molecule has 5 rings (SSSR count). The van der Waals surface area contributed by atoms with Crippen molar-refractivity contribution >= 4 is 33.5 Å². The summed E-state index contributed by atoms with van der Waals surface area (Å²) in [6, 6.07) is 20.7. The van der Waals surface area contributed by atoms with Gasteiger partial charge >= 0.3 is 0 Å². The molecule has 3 heterocycles. The van der Waals surface area contributed by atoms with E-state index >= 15 is 0 Å². The highest BCUT2D eigenvalue weighted by Crippen LogP contribution is 2.24. The lowest BCUT2D eigenvalue weighted by Crippen LogP contribution is -2.25. The SMILES string of the molecule is O=C(NCCc1csc2nc(-c3cccs3)nn12)c1ccc(Oc2ccccc2)cc1. The van der Waals surface area contributed by atoms with Gasteiger partial charge in [-0.25, -0.2) is 4.52 Å². The van der Waals surface area contributed by atoms with Crippen molar-refractivity contribution in [1.82, 2.24) is 19.9 Å². The Labute approximate surface area is 186 Å². The number of ether oxygens (including phenoxy) is 1. The standard InChI is InChI=1S/C23H18N4O2S2/c28-22(16-8-10-19(11-9-16)29-18-5-2-1-3-6-18)24-13-12-17-15-31-23-25-21(26-27(17)23)20-7-4-14-30-20/h1-11,14-15H,12-13H2,(H,24,28). The van der Waals surface area contributed by atoms with Gasteiger partial charge in [0.15, 0.2) is 5.82 Å². The highest BCUT2D eigenvalue weighted by molar-refractivity contribution is 7.15. The molecule has 0 unspecified atom stereocenters. The number of carbonyl (C=O) groups is 1. The minimum absolute atomic E-state index is 0.115. The first-order chi connectivity index (χ1) is 15.3. The summed E-state index contributed by atoms with van der Waals surface area (Å²) in [4.78, 5) is 19.0. The van der Waals surface area contributed by atoms with Gasteiger partial charge in [-0.3, -0.25) is 4.79 Å². The quantitative estimate of drug-likeness (QED) is 0.369. The zero-order valence-corrected chi connectivity index (χ0v) is 18.0. The van der Waals surface area contributed by atoms with Gasteiger partial charge < -0.3 is 10.1 Å². The first-order valence-corrected chi connectivity index (χ1v) is 11.5. The molecule has 0 saturated carbocycles. The number of amides is 1. The predicted molar refractivity (Wildman–Crippen MR) is 123 cm³/mol. The minimum Gasteiger partial charge on any atom is -0.457 e. The zero-order chi connectivity index (χ0) is 21.0. The van der Waals surface area contributed by atoms with Crippen LogP contribution in [0.25, 0.3) is 15.7 Å². The first-order valence-electron chi connectivity index (χ1n) is 9.74. The number of para-hydroxylation sites is 1. The Bertz CT molecular complexity index is 1290. The van der Waals surface area contributed by atoms with E-state index in [-0.39, 0.29) is 5.91 Å². The van der Waals surface area contributed by atoms with Crippen LogP contribution in [-0.2, 0) is 6.42 Å². The molecule has 0 aliphatic carbocycles. The predicted octanol–water partition coefficient (Wildman–Crippen LogP) is 5.28. The summed E-state index contributed by atoms with van der Waals surface area (Å²) in [6.45, 7) is 0.515. The number of nitrogens with one attached hydrogen (secondary N) is 1. The van der Waals surface area contributed by atoms with Crippen molar-refractivity contribution in [1.29, 1.82) is 0 Å². The third-order valence-electron chi connectivity index (χ3n) is 4.65. The van der Waals surface area contributed by atoms with Crippen LogP contribution in [0, 0.1) is 0 Å². The molecule has 0 fully saturated rings. The van der Waals surface area contributed by atoms with Crippen molar-refractivity contribution in [2.45, 2.75) is 6.42 Å². The van der Waals surface area contributed by atoms with E-state index in [0.29, 0.717) is 24.3 Å². The van der Waals surface area contributed by atoms with E-state index in [2.05, 4.69) is 15.4 Å². The van der Waals surface area contributed by atoms with Crippen LogP contribution >= 0.6 is 22.7 Å². The Balaban J connectivity index is 1.18. The lowest BCUT2D eigenvalue weighted by Gasteiger charge is -2.07. The molecule has 6 nitrogen and oxygen atoms in total. The Morgan fingerprint density at radius 2 is 1.77 bits per heavy atom. The Morgan fingerprint density at radius 3 is 2.55 bits per heavy atom. The molecule has 1 N–H and O–H groups in total. The lowest BCUT2D eigenvalue weighted by molar-refractivity contribution is 0.0954. The van der Waals surface area contributed by atoms with E-state index in [0.717, 1.165) is 27.1 Å². The van der Waals surface area contributed by atoms with Crippen LogP contribution in [0.15, 0.2) is 77.5 Å². The lowest BCUT2D eigenvalue weighted by atomic mass is 10.2. The maximum atomic E-state index is 12.5. The van der Waals surface area contributed by atoms with Crippen molar-refractivity contribution in [2.75, 3.05) is 6.54 Å². The molecule has 0 spiro atoms. The molecule has 0 radical (unpaired) electrons. The number of carbonyl (C=O) groups excluding carboxylic acids is 1. The Hall–Kier alpha value is -3.49. The summed E-state index contributed by atoms with van der Waals surface area (Å²) in [5.41, 5.74) is 1.62. The van der Waals surface area contributed by atoms with E-state index in [4.69, 9.17) is 4.74 Å². The van der Waals surface area contributed by atoms with E-state index in [1.807, 2.05) is 57.7 Å². The molecule has 0 aliphatic heterocycles. The topological polar surface area (TPSA) is 68.5 Å². The van der Waals surface area contributed by atoms with E-state index < -0.39 is 0 Å². The average Bonchev–Trinajstić information content (AvgIpc) is 3.53. The molecule has 0 saturated heterocycles. The molecule has 0 bridgehead atoms. The van der Waals surface area contributed by atoms with Gasteiger partial charge in [-0.1, -0.05) is 24.3 Å². The largest absolute Gasteiger partial charge is 0.457 e. The van der Waals surface area contributed by atoms with Gasteiger partial charge in [0.1, 0.15) is 11.5 Å². The fourth-order valence-electron chi connectivity index (χ4n) is 3.11. The molecule has 2 aromatic carbocycles. The second kappa shape index (κ2) is 8.71. The summed E-state index contributed by atoms with van der Waals surface area (Å²) in [6.07, 6.45) is 0.675. The van der Waals surface area contributed by atoms with E-state index in [9.17, 15) is 4.79 Å². The maximum Gasteiger partial charge on any atom is 0.251 e. The van der Waals surface area contributed by atoms with Crippen molar-refractivity contribution in [3.8, 4) is 22.2 Å². The molecule has 0 atom stereocenters. The van der Waals surface area contributed by atoms with Crippen LogP contribution in [0.1, 0.15) is 16.1 Å². The van der Waals surface area contributed by atoms with Crippen LogP contribution in [0.3, 0.4) is 0 Å². The number of hydrogen-bond donors (Lipinski definition) is 1. The van der Waals surface area contributed by atoms with Gasteiger partial charge in [0.2, 0.25) is 4.96 Å². The number of nitrogens with zero attached hydrogens (tertiary/aromatic N) is 3. The van der Waals surface area contributed by atoms with Crippen LogP contribution in [0.4, 0.5) is 0 Å². The average molecular weight is 447 g/mol. The van der Waals surface area contributed by atoms with Gasteiger partial charge in [-0.05, 0) is 47.8 Å². The van der Waals surface area contributed by atoms with E-state index in [1.54, 1.807) is 46.9 Å². The Morgan fingerprint density at radius 1 is 0.968 bits per heavy atom. The highest BCUT2D eigenvalue weighted by Gasteiger charge is 2.12. The summed E-state index contributed by atoms with van der Waals surface area (Å²) in [5.74, 6) is 2.08. The van der Waals surface area contributed by atoms with E-state index in [1.165, 1.54) is 0 Å². The summed E-state index contributed by atoms with van der Waals surface area (Å²) in [7, 11) is 0. The molecular formula is C23H18N4O2S2. The van der Waals surface area contributed by atoms with Gasteiger partial charge in [-0.15, -0.1) is 27.8 Å². The van der Waals surface area contributed by atoms with Crippen molar-refractivity contribution in [2.24, 2.45) is 0 Å². The summed E-state index contributed by atoms with van der Waals surface area (Å²) < 4.78 is 7.63. The number of aromatic nitrogens is 3. The molecule has 0 aliphatic rings. The van der Waals surface area contributed by atoms with Gasteiger partial charge in [0, 0.05) is 23.9 Å². The van der Waals surface area contributed by atoms with Crippen molar-refractivity contribution in [3.05, 3.63) is 88.7 Å². The fraction of sp³-hybridized carbons (Fsp3) is 0.0870. The molecule has 8 heteroatoms. The third kappa shape index (κ3) is 4.35. The smallest absolute Gasteiger partial charge is 0.251 e. The number of benzene rings is 2. The van der Waals surface area contributed by atoms with Crippen LogP contribution < -0.4 is 10.1 Å². The van der Waals surface area contributed by atoms with Crippen molar-refractivity contribution in [3.63, 3.8) is 0 Å². The normalized spacial score (nSPS) is 11.0.